The number of nitrogens with zero attached hydrogens (tertiary/aromatic N) is 2. The first-order valence-electron chi connectivity index (χ1n) is 19.7. The van der Waals surface area contributed by atoms with E-state index in [0.29, 0.717) is 0 Å². The molecule has 0 saturated carbocycles. The van der Waals surface area contributed by atoms with Gasteiger partial charge >= 0.3 is 0 Å². The summed E-state index contributed by atoms with van der Waals surface area (Å²) in [5, 5.41) is 10.5. The molecular weight excluding hydrogens is 705 g/mol. The number of hydrogen-bond acceptors (Lipinski definition) is 0. The molecule has 0 bridgehead atoms. The van der Waals surface area contributed by atoms with Gasteiger partial charge < -0.3 is 9.13 Å². The topological polar surface area (TPSA) is 9.86 Å². The van der Waals surface area contributed by atoms with Crippen LogP contribution in [0.2, 0.25) is 0 Å². The third-order valence-corrected chi connectivity index (χ3v) is 16.6. The number of aromatic nitrogens is 2. The SMILES string of the molecule is c1ccc(-c2ccccc2-n2c3ccccc3c3ccc(-n4c5ccccc5c5cc([Si](c6ccccc6)(c6ccccc6)c6ccccc6)ccc54)cc32)cc1. The van der Waals surface area contributed by atoms with Crippen molar-refractivity contribution in [1.82, 2.24) is 9.13 Å². The second kappa shape index (κ2) is 13.5. The van der Waals surface area contributed by atoms with Crippen LogP contribution in [-0.4, -0.2) is 17.2 Å². The van der Waals surface area contributed by atoms with Crippen LogP contribution in [-0.2, 0) is 0 Å². The van der Waals surface area contributed by atoms with Crippen LogP contribution < -0.4 is 20.7 Å². The highest BCUT2D eigenvalue weighted by Gasteiger charge is 2.41. The molecule has 0 aliphatic rings. The van der Waals surface area contributed by atoms with E-state index in [4.69, 9.17) is 0 Å². The summed E-state index contributed by atoms with van der Waals surface area (Å²) in [5.74, 6) is 0. The number of hydrogen-bond donors (Lipinski definition) is 0. The van der Waals surface area contributed by atoms with E-state index in [2.05, 4.69) is 240 Å². The number of para-hydroxylation sites is 3. The van der Waals surface area contributed by atoms with Gasteiger partial charge in [0, 0.05) is 32.8 Å². The van der Waals surface area contributed by atoms with Gasteiger partial charge in [-0.25, -0.2) is 0 Å². The second-order valence-corrected chi connectivity index (χ2v) is 18.7. The fourth-order valence-corrected chi connectivity index (χ4v) is 14.2. The third-order valence-electron chi connectivity index (χ3n) is 11.9. The predicted molar refractivity (Wildman–Crippen MR) is 244 cm³/mol. The van der Waals surface area contributed by atoms with Gasteiger partial charge in [-0.3, -0.25) is 0 Å². The molecule has 0 amide bonds. The predicted octanol–water partition coefficient (Wildman–Crippen LogP) is 10.9. The first kappa shape index (κ1) is 33.2. The highest BCUT2D eigenvalue weighted by atomic mass is 28.3. The average molecular weight is 743 g/mol. The molecule has 268 valence electrons. The Morgan fingerprint density at radius 1 is 0.281 bits per heavy atom. The summed E-state index contributed by atoms with van der Waals surface area (Å²) in [6, 6.07) is 85.2. The van der Waals surface area contributed by atoms with Crippen LogP contribution in [0.3, 0.4) is 0 Å². The van der Waals surface area contributed by atoms with Crippen LogP contribution in [0.25, 0.3) is 66.1 Å². The minimum absolute atomic E-state index is 1.14. The zero-order valence-electron chi connectivity index (χ0n) is 31.3. The fourth-order valence-electron chi connectivity index (χ4n) is 9.44. The summed E-state index contributed by atoms with van der Waals surface area (Å²) in [6.45, 7) is 0. The van der Waals surface area contributed by atoms with E-state index in [1.54, 1.807) is 0 Å². The molecule has 0 radical (unpaired) electrons. The van der Waals surface area contributed by atoms with Crippen molar-refractivity contribution in [2.45, 2.75) is 0 Å². The van der Waals surface area contributed by atoms with Gasteiger partial charge in [-0.2, -0.15) is 0 Å². The first-order chi connectivity index (χ1) is 28.3. The van der Waals surface area contributed by atoms with E-state index >= 15 is 0 Å². The Bertz CT molecular complexity index is 3120. The molecule has 0 saturated heterocycles. The van der Waals surface area contributed by atoms with E-state index in [-0.39, 0.29) is 0 Å². The minimum atomic E-state index is -2.72. The van der Waals surface area contributed by atoms with Gasteiger partial charge in [-0.05, 0) is 62.7 Å². The van der Waals surface area contributed by atoms with Gasteiger partial charge in [0.25, 0.3) is 0 Å². The molecule has 2 nitrogen and oxygen atoms in total. The molecule has 11 rings (SSSR count). The van der Waals surface area contributed by atoms with Crippen LogP contribution in [0, 0.1) is 0 Å². The van der Waals surface area contributed by atoms with Gasteiger partial charge in [0.05, 0.1) is 27.8 Å². The van der Waals surface area contributed by atoms with Crippen molar-refractivity contribution in [3.8, 4) is 22.5 Å². The lowest BCUT2D eigenvalue weighted by Crippen LogP contribution is -2.74. The summed E-state index contributed by atoms with van der Waals surface area (Å²) >= 11 is 0. The van der Waals surface area contributed by atoms with Gasteiger partial charge in [-0.15, -0.1) is 0 Å². The highest BCUT2D eigenvalue weighted by Crippen LogP contribution is 2.39. The average Bonchev–Trinajstić information content (AvgIpc) is 3.80. The molecule has 0 spiro atoms. The zero-order valence-corrected chi connectivity index (χ0v) is 32.3. The zero-order chi connectivity index (χ0) is 37.8. The Morgan fingerprint density at radius 3 is 1.39 bits per heavy atom. The first-order valence-corrected chi connectivity index (χ1v) is 21.7. The molecule has 0 unspecified atom stereocenters. The maximum Gasteiger partial charge on any atom is 0.179 e. The Labute approximate surface area is 333 Å². The van der Waals surface area contributed by atoms with E-state index in [1.807, 2.05) is 0 Å². The van der Waals surface area contributed by atoms with Gasteiger partial charge in [-0.1, -0.05) is 194 Å². The number of benzene rings is 9. The molecule has 0 atom stereocenters. The molecule has 57 heavy (non-hydrogen) atoms. The lowest BCUT2D eigenvalue weighted by molar-refractivity contribution is 1.16. The number of rotatable bonds is 7. The van der Waals surface area contributed by atoms with Gasteiger partial charge in [0.2, 0.25) is 0 Å². The quantitative estimate of drug-likeness (QED) is 0.114. The van der Waals surface area contributed by atoms with E-state index < -0.39 is 8.07 Å². The molecular formula is C54H38N2Si. The summed E-state index contributed by atoms with van der Waals surface area (Å²) in [4.78, 5) is 0. The van der Waals surface area contributed by atoms with Crippen molar-refractivity contribution in [3.63, 3.8) is 0 Å². The molecule has 2 aromatic heterocycles. The molecule has 0 N–H and O–H groups in total. The summed E-state index contributed by atoms with van der Waals surface area (Å²) in [6.07, 6.45) is 0. The van der Waals surface area contributed by atoms with Crippen LogP contribution in [0.1, 0.15) is 0 Å². The standard InChI is InChI=1S/C54H38N2Si/c1-5-19-39(20-6-1)45-27-13-16-30-50(45)56-52-32-18-14-28-46(52)48-35-33-40(37-54(48)56)55-51-31-17-15-29-47(51)49-38-44(34-36-53(49)55)57(41-21-7-2-8-22-41,42-23-9-3-10-24-42)43-25-11-4-12-26-43/h1-38H. The normalized spacial score (nSPS) is 11.9. The van der Waals surface area contributed by atoms with Crippen molar-refractivity contribution < 1.29 is 0 Å². The van der Waals surface area contributed by atoms with Crippen LogP contribution in [0.5, 0.6) is 0 Å². The van der Waals surface area contributed by atoms with Crippen molar-refractivity contribution >= 4 is 72.4 Å². The van der Waals surface area contributed by atoms with Gasteiger partial charge in [0.15, 0.2) is 8.07 Å². The minimum Gasteiger partial charge on any atom is -0.309 e. The maximum atomic E-state index is 2.51. The lowest BCUT2D eigenvalue weighted by atomic mass is 10.0. The Kier molecular flexibility index (Phi) is 7.87. The molecule has 0 fully saturated rings. The van der Waals surface area contributed by atoms with Crippen molar-refractivity contribution in [3.05, 3.63) is 231 Å². The van der Waals surface area contributed by atoms with Crippen molar-refractivity contribution in [2.75, 3.05) is 0 Å². The lowest BCUT2D eigenvalue weighted by Gasteiger charge is -2.34. The fraction of sp³-hybridized carbons (Fsp3) is 0. The third kappa shape index (κ3) is 5.17. The molecule has 3 heteroatoms. The molecule has 0 aliphatic heterocycles. The smallest absolute Gasteiger partial charge is 0.179 e. The maximum absolute atomic E-state index is 2.72. The van der Waals surface area contributed by atoms with E-state index in [0.717, 1.165) is 5.69 Å². The van der Waals surface area contributed by atoms with Crippen LogP contribution in [0.15, 0.2) is 231 Å². The summed E-state index contributed by atoms with van der Waals surface area (Å²) in [7, 11) is -2.72. The van der Waals surface area contributed by atoms with E-state index in [9.17, 15) is 0 Å². The molecule has 2 heterocycles. The molecule has 9 aromatic carbocycles. The van der Waals surface area contributed by atoms with Crippen LogP contribution >= 0.6 is 0 Å². The van der Waals surface area contributed by atoms with Crippen molar-refractivity contribution in [2.24, 2.45) is 0 Å². The largest absolute Gasteiger partial charge is 0.309 e. The Morgan fingerprint density at radius 2 is 0.754 bits per heavy atom. The number of fused-ring (bicyclic) bond motifs is 6. The van der Waals surface area contributed by atoms with Gasteiger partial charge in [0.1, 0.15) is 0 Å². The van der Waals surface area contributed by atoms with Crippen LogP contribution in [0.4, 0.5) is 0 Å². The monoisotopic (exact) mass is 742 g/mol. The Balaban J connectivity index is 1.18. The van der Waals surface area contributed by atoms with E-state index in [1.165, 1.54) is 81.2 Å². The Hall–Kier alpha value is -7.20. The molecule has 11 aromatic rings. The molecule has 0 aliphatic carbocycles. The second-order valence-electron chi connectivity index (χ2n) is 14.9. The summed E-state index contributed by atoms with van der Waals surface area (Å²) in [5.41, 5.74) is 9.50. The summed E-state index contributed by atoms with van der Waals surface area (Å²) < 4.78 is 4.93. The highest BCUT2D eigenvalue weighted by molar-refractivity contribution is 7.20. The van der Waals surface area contributed by atoms with Crippen molar-refractivity contribution in [1.29, 1.82) is 0 Å².